The molecule has 0 radical (unpaired) electrons. The van der Waals surface area contributed by atoms with Gasteiger partial charge in [0, 0.05) is 0 Å². The Hall–Kier alpha value is -3.77. The van der Waals surface area contributed by atoms with Crippen LogP contribution in [0.25, 0.3) is 6.08 Å². The van der Waals surface area contributed by atoms with E-state index in [0.29, 0.717) is 17.2 Å². The van der Waals surface area contributed by atoms with Crippen LogP contribution in [0.4, 0.5) is 5.69 Å². The van der Waals surface area contributed by atoms with Crippen LogP contribution in [0.15, 0.2) is 84.4 Å². The number of rotatable bonds is 5. The molecule has 0 unspecified atom stereocenters. The van der Waals surface area contributed by atoms with Gasteiger partial charge in [0.25, 0.3) is 11.8 Å². The molecule has 0 spiro atoms. The van der Waals surface area contributed by atoms with Gasteiger partial charge < -0.3 is 4.74 Å². The van der Waals surface area contributed by atoms with Crippen LogP contribution in [-0.2, 0) is 16.0 Å². The van der Waals surface area contributed by atoms with E-state index in [-0.39, 0.29) is 10.7 Å². The minimum atomic E-state index is -0.505. The summed E-state index contributed by atoms with van der Waals surface area (Å²) in [6.45, 7) is 2.07. The van der Waals surface area contributed by atoms with E-state index in [4.69, 9.17) is 17.0 Å². The number of carbonyl (C=O) groups excluding carboxylic acids is 2. The molecule has 31 heavy (non-hydrogen) atoms. The number of hydrogen-bond donors (Lipinski definition) is 1. The lowest BCUT2D eigenvalue weighted by Gasteiger charge is -2.29. The van der Waals surface area contributed by atoms with E-state index in [1.807, 2.05) is 54.6 Å². The molecule has 4 rings (SSSR count). The lowest BCUT2D eigenvalue weighted by atomic mass is 10.0. The van der Waals surface area contributed by atoms with Gasteiger partial charge in [-0.15, -0.1) is 0 Å². The molecular weight excluding hydrogens is 408 g/mol. The third-order valence-electron chi connectivity index (χ3n) is 4.87. The third-order valence-corrected chi connectivity index (χ3v) is 5.16. The Bertz CT molecular complexity index is 1150. The first kappa shape index (κ1) is 20.5. The van der Waals surface area contributed by atoms with E-state index in [0.717, 1.165) is 12.0 Å². The van der Waals surface area contributed by atoms with Gasteiger partial charge in [-0.1, -0.05) is 49.4 Å². The number of para-hydroxylation sites is 1. The monoisotopic (exact) mass is 428 g/mol. The van der Waals surface area contributed by atoms with E-state index in [1.54, 1.807) is 30.3 Å². The number of nitrogens with zero attached hydrogens (tertiary/aromatic N) is 1. The molecule has 2 amide bonds. The van der Waals surface area contributed by atoms with E-state index in [1.165, 1.54) is 10.5 Å². The quantitative estimate of drug-likeness (QED) is 0.358. The van der Waals surface area contributed by atoms with Crippen LogP contribution >= 0.6 is 12.2 Å². The maximum atomic E-state index is 13.1. The molecule has 5 nitrogen and oxygen atoms in total. The number of carbonyl (C=O) groups is 2. The first-order valence-corrected chi connectivity index (χ1v) is 10.3. The summed E-state index contributed by atoms with van der Waals surface area (Å²) >= 11 is 5.27. The number of nitrogens with one attached hydrogen (secondary N) is 1. The molecule has 3 aromatic rings. The summed E-state index contributed by atoms with van der Waals surface area (Å²) in [4.78, 5) is 26.9. The Morgan fingerprint density at radius 2 is 1.55 bits per heavy atom. The Morgan fingerprint density at radius 3 is 2.19 bits per heavy atom. The lowest BCUT2D eigenvalue weighted by molar-refractivity contribution is -0.122. The van der Waals surface area contributed by atoms with Crippen molar-refractivity contribution in [1.29, 1.82) is 0 Å². The maximum Gasteiger partial charge on any atom is 0.270 e. The molecule has 0 aliphatic carbocycles. The zero-order valence-electron chi connectivity index (χ0n) is 16.9. The second kappa shape index (κ2) is 8.93. The topological polar surface area (TPSA) is 58.6 Å². The van der Waals surface area contributed by atoms with Gasteiger partial charge in [0.2, 0.25) is 0 Å². The number of thiocarbonyl (C=S) groups is 1. The van der Waals surface area contributed by atoms with Crippen LogP contribution in [0.3, 0.4) is 0 Å². The molecule has 1 saturated heterocycles. The fourth-order valence-corrected chi connectivity index (χ4v) is 3.48. The van der Waals surface area contributed by atoms with Crippen LogP contribution in [0.1, 0.15) is 18.1 Å². The zero-order chi connectivity index (χ0) is 21.8. The van der Waals surface area contributed by atoms with Gasteiger partial charge >= 0.3 is 0 Å². The van der Waals surface area contributed by atoms with E-state index in [9.17, 15) is 9.59 Å². The summed E-state index contributed by atoms with van der Waals surface area (Å²) in [6, 6.07) is 24.1. The standard InChI is InChI=1S/C25H20N2O3S/c1-2-17-8-10-18(11-9-17)16-22-23(28)26-25(31)27(24(22)29)19-12-14-21(15-13-19)30-20-6-4-3-5-7-20/h3-16H,2H2,1H3,(H,26,28,31). The van der Waals surface area contributed by atoms with Crippen molar-refractivity contribution in [3.63, 3.8) is 0 Å². The van der Waals surface area contributed by atoms with Crippen molar-refractivity contribution in [2.24, 2.45) is 0 Å². The highest BCUT2D eigenvalue weighted by Crippen LogP contribution is 2.27. The van der Waals surface area contributed by atoms with Crippen molar-refractivity contribution in [2.75, 3.05) is 4.90 Å². The second-order valence-electron chi connectivity index (χ2n) is 6.96. The predicted molar refractivity (Wildman–Crippen MR) is 125 cm³/mol. The predicted octanol–water partition coefficient (Wildman–Crippen LogP) is 4.87. The Kier molecular flexibility index (Phi) is 5.91. The number of amides is 2. The van der Waals surface area contributed by atoms with Crippen molar-refractivity contribution in [3.05, 3.63) is 95.6 Å². The van der Waals surface area contributed by atoms with Crippen LogP contribution in [-0.4, -0.2) is 16.9 Å². The van der Waals surface area contributed by atoms with Gasteiger partial charge in [0.1, 0.15) is 17.1 Å². The van der Waals surface area contributed by atoms with Crippen LogP contribution in [0.2, 0.25) is 0 Å². The van der Waals surface area contributed by atoms with Gasteiger partial charge in [-0.2, -0.15) is 0 Å². The SMILES string of the molecule is CCc1ccc(C=C2C(=O)NC(=S)N(c3ccc(Oc4ccccc4)cc3)C2=O)cc1. The molecule has 1 aliphatic rings. The molecule has 0 bridgehead atoms. The van der Waals surface area contributed by atoms with Gasteiger partial charge in [0.05, 0.1) is 5.69 Å². The average Bonchev–Trinajstić information content (AvgIpc) is 2.79. The summed E-state index contributed by atoms with van der Waals surface area (Å²) in [5, 5.41) is 2.65. The highest BCUT2D eigenvalue weighted by Gasteiger charge is 2.34. The van der Waals surface area contributed by atoms with E-state index in [2.05, 4.69) is 12.2 Å². The molecule has 1 aliphatic heterocycles. The van der Waals surface area contributed by atoms with E-state index < -0.39 is 11.8 Å². The smallest absolute Gasteiger partial charge is 0.270 e. The minimum absolute atomic E-state index is 0.0301. The number of hydrogen-bond acceptors (Lipinski definition) is 4. The molecule has 6 heteroatoms. The molecule has 0 atom stereocenters. The Morgan fingerprint density at radius 1 is 0.903 bits per heavy atom. The van der Waals surface area contributed by atoms with E-state index >= 15 is 0 Å². The van der Waals surface area contributed by atoms with Crippen molar-refractivity contribution < 1.29 is 14.3 Å². The Balaban J connectivity index is 1.58. The molecule has 1 N–H and O–H groups in total. The van der Waals surface area contributed by atoms with Crippen LogP contribution in [0.5, 0.6) is 11.5 Å². The summed E-state index contributed by atoms with van der Waals surface area (Å²) in [6.07, 6.45) is 2.50. The molecule has 154 valence electrons. The van der Waals surface area contributed by atoms with Crippen molar-refractivity contribution in [1.82, 2.24) is 5.32 Å². The first-order valence-electron chi connectivity index (χ1n) is 9.88. The zero-order valence-corrected chi connectivity index (χ0v) is 17.7. The molecule has 1 fully saturated rings. The molecule has 1 heterocycles. The van der Waals surface area contributed by atoms with Gasteiger partial charge in [-0.3, -0.25) is 19.8 Å². The highest BCUT2D eigenvalue weighted by atomic mass is 32.1. The third kappa shape index (κ3) is 4.54. The second-order valence-corrected chi connectivity index (χ2v) is 7.35. The minimum Gasteiger partial charge on any atom is -0.457 e. The number of ether oxygens (including phenoxy) is 1. The number of anilines is 1. The van der Waals surface area contributed by atoms with Gasteiger partial charge in [0.15, 0.2) is 5.11 Å². The Labute approximate surface area is 186 Å². The molecule has 0 saturated carbocycles. The average molecular weight is 429 g/mol. The molecular formula is C25H20N2O3S. The molecule has 3 aromatic carbocycles. The fourth-order valence-electron chi connectivity index (χ4n) is 3.20. The summed E-state index contributed by atoms with van der Waals surface area (Å²) in [7, 11) is 0. The van der Waals surface area contributed by atoms with Crippen molar-refractivity contribution >= 4 is 40.9 Å². The fraction of sp³-hybridized carbons (Fsp3) is 0.0800. The van der Waals surface area contributed by atoms with Gasteiger partial charge in [-0.05, 0) is 72.2 Å². The maximum absolute atomic E-state index is 13.1. The summed E-state index contributed by atoms with van der Waals surface area (Å²) in [5.41, 5.74) is 2.53. The number of benzene rings is 3. The van der Waals surface area contributed by atoms with Crippen molar-refractivity contribution in [2.45, 2.75) is 13.3 Å². The summed E-state index contributed by atoms with van der Waals surface area (Å²) < 4.78 is 5.79. The van der Waals surface area contributed by atoms with Gasteiger partial charge in [-0.25, -0.2) is 0 Å². The normalized spacial score (nSPS) is 15.2. The molecule has 0 aromatic heterocycles. The highest BCUT2D eigenvalue weighted by molar-refractivity contribution is 7.80. The van der Waals surface area contributed by atoms with Crippen LogP contribution in [0, 0.1) is 0 Å². The largest absolute Gasteiger partial charge is 0.457 e. The lowest BCUT2D eigenvalue weighted by Crippen LogP contribution is -2.54. The first-order chi connectivity index (χ1) is 15.0. The van der Waals surface area contributed by atoms with Crippen LogP contribution < -0.4 is 15.0 Å². The summed E-state index contributed by atoms with van der Waals surface area (Å²) in [5.74, 6) is 0.368. The van der Waals surface area contributed by atoms with Crippen molar-refractivity contribution in [3.8, 4) is 11.5 Å². The number of aryl methyl sites for hydroxylation is 1.